The molecule has 9 nitrogen and oxygen atoms in total. The number of anilines is 2. The quantitative estimate of drug-likeness (QED) is 0.296. The number of rotatable bonds is 11. The number of ether oxygens (including phenoxy) is 1. The highest BCUT2D eigenvalue weighted by Crippen LogP contribution is 2.33. The van der Waals surface area contributed by atoms with E-state index < -0.39 is 5.54 Å². The molecule has 0 radical (unpaired) electrons. The van der Waals surface area contributed by atoms with Gasteiger partial charge in [-0.15, -0.1) is 0 Å². The molecule has 9 heteroatoms. The van der Waals surface area contributed by atoms with Crippen molar-refractivity contribution in [1.29, 1.82) is 0 Å². The second kappa shape index (κ2) is 12.7. The number of carbonyl (C=O) groups excluding carboxylic acids is 1. The summed E-state index contributed by atoms with van der Waals surface area (Å²) in [6.07, 6.45) is 3.91. The highest BCUT2D eigenvalue weighted by Gasteiger charge is 2.18. The molecule has 200 valence electrons. The minimum atomic E-state index is -0.391. The van der Waals surface area contributed by atoms with Gasteiger partial charge < -0.3 is 20.3 Å². The van der Waals surface area contributed by atoms with E-state index in [1.807, 2.05) is 52.0 Å². The Balaban J connectivity index is 1.88. The number of carbonyl (C=O) groups is 1. The van der Waals surface area contributed by atoms with Crippen LogP contribution in [0.25, 0.3) is 22.2 Å². The number of aryl methyl sites for hydroxylation is 1. The topological polar surface area (TPSA) is 104 Å². The number of aromatic nitrogens is 3. The van der Waals surface area contributed by atoms with Gasteiger partial charge in [0.2, 0.25) is 5.95 Å². The smallest absolute Gasteiger partial charge is 0.320 e. The van der Waals surface area contributed by atoms with Gasteiger partial charge in [-0.1, -0.05) is 19.9 Å². The van der Waals surface area contributed by atoms with Crippen LogP contribution in [0.1, 0.15) is 53.0 Å². The van der Waals surface area contributed by atoms with E-state index in [1.165, 1.54) is 0 Å². The fourth-order valence-corrected chi connectivity index (χ4v) is 4.07. The van der Waals surface area contributed by atoms with Crippen molar-refractivity contribution in [3.63, 3.8) is 0 Å². The van der Waals surface area contributed by atoms with Gasteiger partial charge in [-0.3, -0.25) is 5.32 Å². The zero-order chi connectivity index (χ0) is 27.0. The van der Waals surface area contributed by atoms with Gasteiger partial charge in [0, 0.05) is 29.2 Å². The summed E-state index contributed by atoms with van der Waals surface area (Å²) in [7, 11) is 1.64. The summed E-state index contributed by atoms with van der Waals surface area (Å²) in [6, 6.07) is 7.54. The van der Waals surface area contributed by atoms with Crippen LogP contribution < -0.4 is 20.7 Å². The second-order valence-corrected chi connectivity index (χ2v) is 10.2. The highest BCUT2D eigenvalue weighted by atomic mass is 16.5. The molecular weight excluding hydrogens is 466 g/mol. The molecule has 0 aliphatic rings. The minimum absolute atomic E-state index is 0.333. The van der Waals surface area contributed by atoms with Gasteiger partial charge in [0.05, 0.1) is 7.11 Å². The Hall–Kier alpha value is -3.46. The molecule has 0 bridgehead atoms. The number of hydrogen-bond acceptors (Lipinski definition) is 7. The van der Waals surface area contributed by atoms with E-state index in [0.29, 0.717) is 17.4 Å². The van der Waals surface area contributed by atoms with Gasteiger partial charge in [0.1, 0.15) is 11.6 Å². The predicted molar refractivity (Wildman–Crippen MR) is 151 cm³/mol. The number of urea groups is 1. The zero-order valence-electron chi connectivity index (χ0n) is 23.2. The van der Waals surface area contributed by atoms with Gasteiger partial charge in [0.15, 0.2) is 5.65 Å². The molecule has 0 saturated heterocycles. The van der Waals surface area contributed by atoms with Crippen LogP contribution in [0.2, 0.25) is 0 Å². The molecule has 2 aromatic heterocycles. The maximum absolute atomic E-state index is 12.8. The Morgan fingerprint density at radius 1 is 1.05 bits per heavy atom. The number of methoxy groups -OCH3 is 1. The molecular formula is C28H41N7O2. The molecule has 3 aromatic rings. The Labute approximate surface area is 220 Å². The number of benzene rings is 1. The van der Waals surface area contributed by atoms with Gasteiger partial charge in [-0.2, -0.15) is 4.98 Å². The van der Waals surface area contributed by atoms with Crippen molar-refractivity contribution in [3.05, 3.63) is 36.0 Å². The standard InChI is InChI=1S/C28H41N7O2/c1-8-35(9-2)13-11-10-12-29-26-30-18-21-17-23(20-14-19(3)15-22(16-20)37-7)25(31-24(21)32-26)33-27(36)34-28(4,5)6/h14-18H,8-13H2,1-7H3,(H3,29,30,31,32,33,34,36). The normalized spacial score (nSPS) is 11.6. The van der Waals surface area contributed by atoms with Gasteiger partial charge in [-0.05, 0) is 89.5 Å². The summed E-state index contributed by atoms with van der Waals surface area (Å²) < 4.78 is 5.47. The number of hydrogen-bond donors (Lipinski definition) is 3. The molecule has 0 saturated carbocycles. The van der Waals surface area contributed by atoms with Crippen LogP contribution in [0.15, 0.2) is 30.5 Å². The Bertz CT molecular complexity index is 1200. The third-order valence-electron chi connectivity index (χ3n) is 5.97. The molecule has 0 aliphatic heterocycles. The molecule has 1 aromatic carbocycles. The fraction of sp³-hybridized carbons (Fsp3) is 0.500. The molecule has 0 unspecified atom stereocenters. The average Bonchev–Trinajstić information content (AvgIpc) is 2.84. The van der Waals surface area contributed by atoms with Crippen molar-refractivity contribution in [2.45, 2.75) is 59.9 Å². The number of unbranched alkanes of at least 4 members (excludes halogenated alkanes) is 1. The van der Waals surface area contributed by atoms with Crippen molar-refractivity contribution < 1.29 is 9.53 Å². The van der Waals surface area contributed by atoms with Crippen LogP contribution in [0.5, 0.6) is 5.75 Å². The minimum Gasteiger partial charge on any atom is -0.497 e. The molecule has 2 heterocycles. The first-order valence-electron chi connectivity index (χ1n) is 13.0. The van der Waals surface area contributed by atoms with Gasteiger partial charge in [-0.25, -0.2) is 14.8 Å². The van der Waals surface area contributed by atoms with E-state index >= 15 is 0 Å². The van der Waals surface area contributed by atoms with E-state index in [4.69, 9.17) is 9.72 Å². The van der Waals surface area contributed by atoms with Crippen LogP contribution in [0.4, 0.5) is 16.6 Å². The van der Waals surface area contributed by atoms with E-state index in [0.717, 1.165) is 66.8 Å². The summed E-state index contributed by atoms with van der Waals surface area (Å²) in [5.41, 5.74) is 2.80. The molecule has 3 rings (SSSR count). The monoisotopic (exact) mass is 507 g/mol. The molecule has 0 spiro atoms. The maximum atomic E-state index is 12.8. The molecule has 0 atom stereocenters. The maximum Gasteiger partial charge on any atom is 0.320 e. The number of nitrogens with zero attached hydrogens (tertiary/aromatic N) is 4. The molecule has 0 fully saturated rings. The lowest BCUT2D eigenvalue weighted by Gasteiger charge is -2.21. The highest BCUT2D eigenvalue weighted by molar-refractivity contribution is 5.96. The largest absolute Gasteiger partial charge is 0.497 e. The molecule has 2 amide bonds. The van der Waals surface area contributed by atoms with Gasteiger partial charge in [0.25, 0.3) is 0 Å². The van der Waals surface area contributed by atoms with Crippen molar-refractivity contribution in [3.8, 4) is 16.9 Å². The van der Waals surface area contributed by atoms with Gasteiger partial charge >= 0.3 is 6.03 Å². The first kappa shape index (κ1) is 28.1. The van der Waals surface area contributed by atoms with Crippen molar-refractivity contribution in [2.24, 2.45) is 0 Å². The molecule has 0 aliphatic carbocycles. The van der Waals surface area contributed by atoms with E-state index in [9.17, 15) is 4.79 Å². The third-order valence-corrected chi connectivity index (χ3v) is 5.97. The number of pyridine rings is 1. The van der Waals surface area contributed by atoms with Crippen LogP contribution in [-0.4, -0.2) is 64.7 Å². The van der Waals surface area contributed by atoms with Crippen molar-refractivity contribution >= 4 is 28.8 Å². The summed E-state index contributed by atoms with van der Waals surface area (Å²) in [5.74, 6) is 1.68. The van der Waals surface area contributed by atoms with E-state index in [-0.39, 0.29) is 6.03 Å². The van der Waals surface area contributed by atoms with Crippen molar-refractivity contribution in [1.82, 2.24) is 25.2 Å². The van der Waals surface area contributed by atoms with E-state index in [2.05, 4.69) is 44.7 Å². The number of amides is 2. The molecule has 37 heavy (non-hydrogen) atoms. The Morgan fingerprint density at radius 2 is 1.81 bits per heavy atom. The predicted octanol–water partition coefficient (Wildman–Crippen LogP) is 5.46. The number of nitrogens with one attached hydrogen (secondary N) is 3. The SMILES string of the molecule is CCN(CC)CCCCNc1ncc2cc(-c3cc(C)cc(OC)c3)c(NC(=O)NC(C)(C)C)nc2n1. The summed E-state index contributed by atoms with van der Waals surface area (Å²) in [4.78, 5) is 29.1. The lowest BCUT2D eigenvalue weighted by Crippen LogP contribution is -2.43. The average molecular weight is 508 g/mol. The van der Waals surface area contributed by atoms with Crippen molar-refractivity contribution in [2.75, 3.05) is 43.9 Å². The van der Waals surface area contributed by atoms with Crippen LogP contribution >= 0.6 is 0 Å². The summed E-state index contributed by atoms with van der Waals surface area (Å²) in [5, 5.41) is 9.95. The fourth-order valence-electron chi connectivity index (χ4n) is 4.07. The third kappa shape index (κ3) is 8.28. The zero-order valence-corrected chi connectivity index (χ0v) is 23.2. The molecule has 3 N–H and O–H groups in total. The summed E-state index contributed by atoms with van der Waals surface area (Å²) >= 11 is 0. The lowest BCUT2D eigenvalue weighted by molar-refractivity contribution is 0.243. The summed E-state index contributed by atoms with van der Waals surface area (Å²) in [6.45, 7) is 16.2. The first-order valence-corrected chi connectivity index (χ1v) is 13.0. The second-order valence-electron chi connectivity index (χ2n) is 10.2. The number of fused-ring (bicyclic) bond motifs is 1. The van der Waals surface area contributed by atoms with Crippen LogP contribution in [0.3, 0.4) is 0 Å². The van der Waals surface area contributed by atoms with Crippen LogP contribution in [0, 0.1) is 6.92 Å². The first-order chi connectivity index (χ1) is 17.6. The Kier molecular flexibility index (Phi) is 9.63. The lowest BCUT2D eigenvalue weighted by atomic mass is 10.0. The Morgan fingerprint density at radius 3 is 2.49 bits per heavy atom. The van der Waals surface area contributed by atoms with E-state index in [1.54, 1.807) is 13.3 Å². The van der Waals surface area contributed by atoms with Crippen LogP contribution in [-0.2, 0) is 0 Å².